The van der Waals surface area contributed by atoms with Gasteiger partial charge in [0.2, 0.25) is 5.91 Å². The van der Waals surface area contributed by atoms with Gasteiger partial charge in [0.15, 0.2) is 0 Å². The first-order chi connectivity index (χ1) is 11.5. The van der Waals surface area contributed by atoms with E-state index in [1.807, 2.05) is 56.4 Å². The van der Waals surface area contributed by atoms with Crippen molar-refractivity contribution in [2.45, 2.75) is 32.4 Å². The summed E-state index contributed by atoms with van der Waals surface area (Å²) in [4.78, 5) is 14.9. The molecule has 0 aliphatic carbocycles. The van der Waals surface area contributed by atoms with Gasteiger partial charge in [-0.25, -0.2) is 0 Å². The van der Waals surface area contributed by atoms with Gasteiger partial charge in [-0.1, -0.05) is 65.3 Å². The second kappa shape index (κ2) is 9.00. The third-order valence-electron chi connectivity index (χ3n) is 4.15. The van der Waals surface area contributed by atoms with Gasteiger partial charge >= 0.3 is 0 Å². The molecule has 0 aliphatic rings. The molecule has 0 aromatic heterocycles. The van der Waals surface area contributed by atoms with E-state index in [0.717, 1.165) is 23.0 Å². The third kappa shape index (κ3) is 5.18. The van der Waals surface area contributed by atoms with Crippen molar-refractivity contribution in [3.05, 3.63) is 70.2 Å². The average Bonchev–Trinajstić information content (AvgIpc) is 2.57. The van der Waals surface area contributed by atoms with Crippen LogP contribution >= 0.6 is 15.9 Å². The molecule has 0 spiro atoms. The van der Waals surface area contributed by atoms with Crippen molar-refractivity contribution < 1.29 is 4.79 Å². The molecule has 1 amide bonds. The SMILES string of the molecule is CCN(C)C(C(=O)NC(C)Cc1ccc(Br)cc1)c1ccccc1. The van der Waals surface area contributed by atoms with Crippen LogP contribution in [0.15, 0.2) is 59.1 Å². The maximum atomic E-state index is 12.8. The van der Waals surface area contributed by atoms with Gasteiger partial charge < -0.3 is 5.32 Å². The zero-order chi connectivity index (χ0) is 17.5. The monoisotopic (exact) mass is 388 g/mol. The van der Waals surface area contributed by atoms with Crippen molar-refractivity contribution in [3.8, 4) is 0 Å². The van der Waals surface area contributed by atoms with Crippen LogP contribution in [-0.2, 0) is 11.2 Å². The number of halogens is 1. The molecule has 0 saturated heterocycles. The number of benzene rings is 2. The van der Waals surface area contributed by atoms with Crippen molar-refractivity contribution in [2.24, 2.45) is 0 Å². The van der Waals surface area contributed by atoms with Crippen LogP contribution in [0, 0.1) is 0 Å². The van der Waals surface area contributed by atoms with E-state index < -0.39 is 0 Å². The largest absolute Gasteiger partial charge is 0.352 e. The summed E-state index contributed by atoms with van der Waals surface area (Å²) < 4.78 is 1.07. The number of carbonyl (C=O) groups is 1. The van der Waals surface area contributed by atoms with E-state index in [1.54, 1.807) is 0 Å². The normalized spacial score (nSPS) is 13.5. The van der Waals surface area contributed by atoms with Crippen molar-refractivity contribution >= 4 is 21.8 Å². The van der Waals surface area contributed by atoms with Gasteiger partial charge in [0.1, 0.15) is 6.04 Å². The topological polar surface area (TPSA) is 32.3 Å². The predicted octanol–water partition coefficient (Wildman–Crippen LogP) is 4.19. The lowest BCUT2D eigenvalue weighted by Gasteiger charge is -2.28. The van der Waals surface area contributed by atoms with Gasteiger partial charge in [0, 0.05) is 10.5 Å². The van der Waals surface area contributed by atoms with Gasteiger partial charge in [-0.15, -0.1) is 0 Å². The molecular formula is C20H25BrN2O. The molecule has 2 aromatic carbocycles. The summed E-state index contributed by atoms with van der Waals surface area (Å²) >= 11 is 3.45. The van der Waals surface area contributed by atoms with E-state index in [1.165, 1.54) is 5.56 Å². The number of rotatable bonds is 7. The fourth-order valence-electron chi connectivity index (χ4n) is 2.77. The summed E-state index contributed by atoms with van der Waals surface area (Å²) in [7, 11) is 1.98. The lowest BCUT2D eigenvalue weighted by atomic mass is 10.0. The zero-order valence-electron chi connectivity index (χ0n) is 14.5. The Bertz CT molecular complexity index is 642. The van der Waals surface area contributed by atoms with Crippen LogP contribution < -0.4 is 5.32 Å². The number of amides is 1. The van der Waals surface area contributed by atoms with Crippen molar-refractivity contribution in [1.82, 2.24) is 10.2 Å². The molecule has 2 aromatic rings. The first-order valence-corrected chi connectivity index (χ1v) is 9.10. The Hall–Kier alpha value is -1.65. The molecule has 0 fully saturated rings. The molecule has 0 aliphatic heterocycles. The smallest absolute Gasteiger partial charge is 0.242 e. The Morgan fingerprint density at radius 3 is 2.33 bits per heavy atom. The van der Waals surface area contributed by atoms with Crippen LogP contribution in [0.2, 0.25) is 0 Å². The van der Waals surface area contributed by atoms with E-state index in [4.69, 9.17) is 0 Å². The summed E-state index contributed by atoms with van der Waals surface area (Å²) in [6.45, 7) is 4.93. The maximum Gasteiger partial charge on any atom is 0.242 e. The minimum atomic E-state index is -0.261. The highest BCUT2D eigenvalue weighted by Gasteiger charge is 2.25. The fraction of sp³-hybridized carbons (Fsp3) is 0.350. The number of carbonyl (C=O) groups excluding carboxylic acids is 1. The number of nitrogens with zero attached hydrogens (tertiary/aromatic N) is 1. The molecule has 24 heavy (non-hydrogen) atoms. The average molecular weight is 389 g/mol. The molecule has 4 heteroatoms. The number of nitrogens with one attached hydrogen (secondary N) is 1. The van der Waals surface area contributed by atoms with Gasteiger partial charge in [-0.05, 0) is 50.2 Å². The summed E-state index contributed by atoms with van der Waals surface area (Å²) in [5, 5.41) is 3.16. The van der Waals surface area contributed by atoms with E-state index in [9.17, 15) is 4.79 Å². The summed E-state index contributed by atoms with van der Waals surface area (Å²) in [6.07, 6.45) is 0.816. The molecule has 2 atom stereocenters. The highest BCUT2D eigenvalue weighted by atomic mass is 79.9. The Kier molecular flexibility index (Phi) is 7.00. The standard InChI is InChI=1S/C20H25BrN2O/c1-4-23(3)19(17-8-6-5-7-9-17)20(24)22-15(2)14-16-10-12-18(21)13-11-16/h5-13,15,19H,4,14H2,1-3H3,(H,22,24). The lowest BCUT2D eigenvalue weighted by molar-refractivity contribution is -0.126. The summed E-state index contributed by atoms with van der Waals surface area (Å²) in [5.41, 5.74) is 2.24. The Labute approximate surface area is 153 Å². The second-order valence-corrected chi connectivity index (χ2v) is 7.04. The first kappa shape index (κ1) is 18.7. The van der Waals surface area contributed by atoms with Gasteiger partial charge in [-0.2, -0.15) is 0 Å². The predicted molar refractivity (Wildman–Crippen MR) is 103 cm³/mol. The van der Waals surface area contributed by atoms with E-state index in [2.05, 4.69) is 45.2 Å². The molecule has 0 radical (unpaired) electrons. The van der Waals surface area contributed by atoms with Crippen LogP contribution in [-0.4, -0.2) is 30.4 Å². The zero-order valence-corrected chi connectivity index (χ0v) is 16.1. The van der Waals surface area contributed by atoms with Crippen LogP contribution in [0.3, 0.4) is 0 Å². The fourth-order valence-corrected chi connectivity index (χ4v) is 3.04. The van der Waals surface area contributed by atoms with Gasteiger partial charge in [0.05, 0.1) is 0 Å². The molecule has 0 bridgehead atoms. The van der Waals surface area contributed by atoms with Gasteiger partial charge in [0.25, 0.3) is 0 Å². The molecule has 0 heterocycles. The number of likely N-dealkylation sites (N-methyl/N-ethyl adjacent to an activating group) is 1. The molecule has 2 unspecified atom stereocenters. The van der Waals surface area contributed by atoms with Crippen LogP contribution in [0.4, 0.5) is 0 Å². The number of hydrogen-bond acceptors (Lipinski definition) is 2. The molecule has 2 rings (SSSR count). The van der Waals surface area contributed by atoms with Crippen molar-refractivity contribution in [3.63, 3.8) is 0 Å². The second-order valence-electron chi connectivity index (χ2n) is 6.13. The molecule has 1 N–H and O–H groups in total. The Balaban J connectivity index is 2.05. The van der Waals surface area contributed by atoms with E-state index in [0.29, 0.717) is 0 Å². The highest BCUT2D eigenvalue weighted by molar-refractivity contribution is 9.10. The van der Waals surface area contributed by atoms with E-state index >= 15 is 0 Å². The first-order valence-electron chi connectivity index (χ1n) is 8.31. The van der Waals surface area contributed by atoms with Crippen LogP contribution in [0.25, 0.3) is 0 Å². The molecule has 3 nitrogen and oxygen atoms in total. The van der Waals surface area contributed by atoms with Crippen molar-refractivity contribution in [1.29, 1.82) is 0 Å². The van der Waals surface area contributed by atoms with Gasteiger partial charge in [-0.3, -0.25) is 9.69 Å². The minimum absolute atomic E-state index is 0.0511. The lowest BCUT2D eigenvalue weighted by Crippen LogP contribution is -2.43. The van der Waals surface area contributed by atoms with Crippen LogP contribution in [0.1, 0.15) is 31.0 Å². The highest BCUT2D eigenvalue weighted by Crippen LogP contribution is 2.20. The van der Waals surface area contributed by atoms with Crippen LogP contribution in [0.5, 0.6) is 0 Å². The Morgan fingerprint density at radius 1 is 1.12 bits per heavy atom. The molecule has 0 saturated carbocycles. The summed E-state index contributed by atoms with van der Waals surface area (Å²) in [5.74, 6) is 0.0511. The van der Waals surface area contributed by atoms with Crippen molar-refractivity contribution in [2.75, 3.05) is 13.6 Å². The quantitative estimate of drug-likeness (QED) is 0.770. The Morgan fingerprint density at radius 2 is 1.75 bits per heavy atom. The van der Waals surface area contributed by atoms with E-state index in [-0.39, 0.29) is 18.0 Å². The minimum Gasteiger partial charge on any atom is -0.352 e. The summed E-state index contributed by atoms with van der Waals surface area (Å²) in [6, 6.07) is 18.0. The third-order valence-corrected chi connectivity index (χ3v) is 4.68. The molecular weight excluding hydrogens is 364 g/mol. The maximum absolute atomic E-state index is 12.8. The molecule has 128 valence electrons. The number of hydrogen-bond donors (Lipinski definition) is 1.